The van der Waals surface area contributed by atoms with Crippen molar-refractivity contribution in [2.45, 2.75) is 4.90 Å². The summed E-state index contributed by atoms with van der Waals surface area (Å²) in [5, 5.41) is 0. The summed E-state index contributed by atoms with van der Waals surface area (Å²) >= 11 is 0. The van der Waals surface area contributed by atoms with Crippen molar-refractivity contribution in [2.24, 2.45) is 0 Å². The number of hydrogen-bond acceptors (Lipinski definition) is 2. The van der Waals surface area contributed by atoms with Crippen LogP contribution in [0.15, 0.2) is 35.7 Å². The quantitative estimate of drug-likeness (QED) is 0.478. The zero-order valence-corrected chi connectivity index (χ0v) is 10.1. The Bertz CT molecular complexity index is 380. The zero-order chi connectivity index (χ0) is 9.19. The van der Waals surface area contributed by atoms with E-state index in [1.54, 1.807) is 18.2 Å². The maximum atomic E-state index is 10.6. The molecule has 1 rings (SSSR count). The molecule has 0 saturated heterocycles. The van der Waals surface area contributed by atoms with E-state index in [1.165, 1.54) is 12.1 Å². The van der Waals surface area contributed by atoms with E-state index in [0.717, 1.165) is 5.56 Å². The summed E-state index contributed by atoms with van der Waals surface area (Å²) in [6, 6.07) is 5.78. The van der Waals surface area contributed by atoms with Crippen molar-refractivity contribution in [1.82, 2.24) is 0 Å². The molecule has 0 atom stereocenters. The summed E-state index contributed by atoms with van der Waals surface area (Å²) in [5.41, 5.74) is 0.808. The van der Waals surface area contributed by atoms with Gasteiger partial charge in [-0.2, -0.15) is 8.42 Å². The molecule has 0 spiro atoms. The molecule has 0 fully saturated rings. The van der Waals surface area contributed by atoms with Crippen LogP contribution < -0.4 is 29.6 Å². The zero-order valence-electron chi connectivity index (χ0n) is 7.27. The van der Waals surface area contributed by atoms with Crippen LogP contribution in [0.5, 0.6) is 0 Å². The minimum Gasteiger partial charge on any atom is -0.282 e. The molecule has 1 aromatic rings. The maximum absolute atomic E-state index is 10.6. The third-order valence-electron chi connectivity index (χ3n) is 1.41. The first-order chi connectivity index (χ1) is 5.54. The van der Waals surface area contributed by atoms with Gasteiger partial charge in [-0.15, -0.1) is 0 Å². The Morgan fingerprint density at radius 3 is 2.00 bits per heavy atom. The van der Waals surface area contributed by atoms with Gasteiger partial charge in [0, 0.05) is 0 Å². The van der Waals surface area contributed by atoms with E-state index in [1.807, 2.05) is 0 Å². The van der Waals surface area contributed by atoms with Crippen LogP contribution in [0.1, 0.15) is 5.56 Å². The van der Waals surface area contributed by atoms with E-state index in [9.17, 15) is 8.42 Å². The first kappa shape index (κ1) is 12.9. The Morgan fingerprint density at radius 2 is 1.69 bits per heavy atom. The van der Waals surface area contributed by atoms with Gasteiger partial charge in [0.25, 0.3) is 10.1 Å². The normalized spacial score (nSPS) is 10.2. The van der Waals surface area contributed by atoms with Crippen LogP contribution in [0.4, 0.5) is 0 Å². The van der Waals surface area contributed by atoms with Crippen molar-refractivity contribution < 1.29 is 42.5 Å². The van der Waals surface area contributed by atoms with E-state index in [4.69, 9.17) is 4.55 Å². The predicted molar refractivity (Wildman–Crippen MR) is 46.3 cm³/mol. The SMILES string of the molecule is C=Cc1ccc(S(=O)(=O)O)cc1.[Na+]. The Hall–Kier alpha value is -0.130. The summed E-state index contributed by atoms with van der Waals surface area (Å²) in [6.45, 7) is 3.51. The van der Waals surface area contributed by atoms with E-state index in [-0.39, 0.29) is 34.5 Å². The van der Waals surface area contributed by atoms with Crippen LogP contribution in [0, 0.1) is 0 Å². The van der Waals surface area contributed by atoms with Crippen LogP contribution in [-0.4, -0.2) is 13.0 Å². The van der Waals surface area contributed by atoms with Crippen LogP contribution >= 0.6 is 0 Å². The second-order valence-electron chi connectivity index (χ2n) is 2.25. The molecule has 1 aromatic carbocycles. The number of rotatable bonds is 2. The Labute approximate surface area is 99.5 Å². The molecule has 0 heterocycles. The molecule has 5 heteroatoms. The molecule has 64 valence electrons. The smallest absolute Gasteiger partial charge is 0.282 e. The molecular weight excluding hydrogens is 199 g/mol. The van der Waals surface area contributed by atoms with Gasteiger partial charge >= 0.3 is 29.6 Å². The van der Waals surface area contributed by atoms with E-state index in [2.05, 4.69) is 6.58 Å². The molecule has 0 aliphatic rings. The third kappa shape index (κ3) is 3.62. The first-order valence-corrected chi connectivity index (χ1v) is 4.68. The van der Waals surface area contributed by atoms with Gasteiger partial charge in [0.1, 0.15) is 0 Å². The van der Waals surface area contributed by atoms with Gasteiger partial charge in [-0.05, 0) is 17.7 Å². The maximum Gasteiger partial charge on any atom is 1.00 e. The molecule has 3 nitrogen and oxygen atoms in total. The summed E-state index contributed by atoms with van der Waals surface area (Å²) in [6.07, 6.45) is 1.59. The van der Waals surface area contributed by atoms with Crippen molar-refractivity contribution in [1.29, 1.82) is 0 Å². The molecule has 0 radical (unpaired) electrons. The van der Waals surface area contributed by atoms with Crippen molar-refractivity contribution in [3.8, 4) is 0 Å². The van der Waals surface area contributed by atoms with Gasteiger partial charge in [-0.25, -0.2) is 0 Å². The minimum absolute atomic E-state index is 0. The first-order valence-electron chi connectivity index (χ1n) is 3.24. The van der Waals surface area contributed by atoms with Crippen LogP contribution in [0.2, 0.25) is 0 Å². The Balaban J connectivity index is 0.00000144. The fourth-order valence-electron chi connectivity index (χ4n) is 0.776. The molecule has 0 bridgehead atoms. The number of benzene rings is 1. The molecule has 0 aliphatic heterocycles. The van der Waals surface area contributed by atoms with Crippen molar-refractivity contribution >= 4 is 16.2 Å². The van der Waals surface area contributed by atoms with Gasteiger partial charge in [0.15, 0.2) is 0 Å². The predicted octanol–water partition coefficient (Wildman–Crippen LogP) is -1.42. The van der Waals surface area contributed by atoms with Crippen molar-refractivity contribution in [3.63, 3.8) is 0 Å². The summed E-state index contributed by atoms with van der Waals surface area (Å²) in [7, 11) is -4.06. The molecule has 0 aromatic heterocycles. The largest absolute Gasteiger partial charge is 1.00 e. The van der Waals surface area contributed by atoms with E-state index >= 15 is 0 Å². The molecule has 1 N–H and O–H groups in total. The van der Waals surface area contributed by atoms with E-state index in [0.29, 0.717) is 0 Å². The monoisotopic (exact) mass is 207 g/mol. The topological polar surface area (TPSA) is 54.4 Å². The average molecular weight is 207 g/mol. The van der Waals surface area contributed by atoms with Crippen LogP contribution in [0.3, 0.4) is 0 Å². The second kappa shape index (κ2) is 4.93. The Morgan fingerprint density at radius 1 is 1.23 bits per heavy atom. The molecule has 0 unspecified atom stereocenters. The van der Waals surface area contributed by atoms with Crippen molar-refractivity contribution in [2.75, 3.05) is 0 Å². The second-order valence-corrected chi connectivity index (χ2v) is 3.67. The summed E-state index contributed by atoms with van der Waals surface area (Å²) < 4.78 is 29.7. The third-order valence-corrected chi connectivity index (χ3v) is 2.28. The van der Waals surface area contributed by atoms with Gasteiger partial charge in [0.05, 0.1) is 4.90 Å². The molecule has 0 amide bonds. The van der Waals surface area contributed by atoms with E-state index < -0.39 is 10.1 Å². The molecule has 13 heavy (non-hydrogen) atoms. The average Bonchev–Trinajstić information content (AvgIpc) is 2.03. The standard InChI is InChI=1S/C8H8O3S.Na/c1-2-7-3-5-8(6-4-7)12(9,10)11;/h2-6H,1H2,(H,9,10,11);/q;+1. The Kier molecular flexibility index (Phi) is 4.88. The molecule has 0 aliphatic carbocycles. The summed E-state index contributed by atoms with van der Waals surface area (Å²) in [5.74, 6) is 0. The van der Waals surface area contributed by atoms with Crippen LogP contribution in [0.25, 0.3) is 6.08 Å². The fraction of sp³-hybridized carbons (Fsp3) is 0. The van der Waals surface area contributed by atoms with Gasteiger partial charge in [0.2, 0.25) is 0 Å². The van der Waals surface area contributed by atoms with Gasteiger partial charge in [-0.1, -0.05) is 24.8 Å². The number of hydrogen-bond donors (Lipinski definition) is 1. The van der Waals surface area contributed by atoms with Gasteiger partial charge in [-0.3, -0.25) is 4.55 Å². The minimum atomic E-state index is -4.06. The van der Waals surface area contributed by atoms with Crippen LogP contribution in [-0.2, 0) is 10.1 Å². The molecular formula is C8H8NaO3S+. The van der Waals surface area contributed by atoms with Crippen molar-refractivity contribution in [3.05, 3.63) is 36.4 Å². The fourth-order valence-corrected chi connectivity index (χ4v) is 1.26. The molecule has 0 saturated carbocycles. The summed E-state index contributed by atoms with van der Waals surface area (Å²) in [4.78, 5) is -0.104. The van der Waals surface area contributed by atoms with Gasteiger partial charge < -0.3 is 0 Å².